The number of carbonyl (C=O) groups is 1. The average Bonchev–Trinajstić information content (AvgIpc) is 2.11. The first-order valence-electron chi connectivity index (χ1n) is 4.13. The van der Waals surface area contributed by atoms with E-state index in [4.69, 9.17) is 0 Å². The predicted molar refractivity (Wildman–Crippen MR) is 49.9 cm³/mol. The van der Waals surface area contributed by atoms with E-state index in [1.807, 2.05) is 0 Å². The number of ketones is 1. The van der Waals surface area contributed by atoms with Gasteiger partial charge in [-0.2, -0.15) is 0 Å². The van der Waals surface area contributed by atoms with Gasteiger partial charge in [0.1, 0.15) is 0 Å². The Hall–Kier alpha value is -1.51. The number of hydrogen-bond acceptors (Lipinski definition) is 1. The van der Waals surface area contributed by atoms with Crippen LogP contribution in [0.15, 0.2) is 30.4 Å². The van der Waals surface area contributed by atoms with Gasteiger partial charge in [-0.3, -0.25) is 4.79 Å². The van der Waals surface area contributed by atoms with E-state index in [-0.39, 0.29) is 12.2 Å². The lowest BCUT2D eigenvalue weighted by Gasteiger charge is -2.00. The molecule has 0 N–H and O–H groups in total. The van der Waals surface area contributed by atoms with Crippen LogP contribution in [0.1, 0.15) is 12.5 Å². The van der Waals surface area contributed by atoms with Crippen LogP contribution in [0.2, 0.25) is 0 Å². The second kappa shape index (κ2) is 4.13. The molecule has 0 aliphatic heterocycles. The van der Waals surface area contributed by atoms with Gasteiger partial charge in [0.2, 0.25) is 0 Å². The number of hydrogen-bond donors (Lipinski definition) is 0. The van der Waals surface area contributed by atoms with Gasteiger partial charge in [0.05, 0.1) is 0 Å². The molecule has 0 bridgehead atoms. The molecular formula is C11H10F2O. The Morgan fingerprint density at radius 2 is 2.00 bits per heavy atom. The summed E-state index contributed by atoms with van der Waals surface area (Å²) in [7, 11) is 0. The number of allylic oxidation sites excluding steroid dienone is 1. The Balaban J connectivity index is 2.83. The van der Waals surface area contributed by atoms with E-state index in [0.29, 0.717) is 11.1 Å². The number of halogens is 2. The van der Waals surface area contributed by atoms with E-state index >= 15 is 0 Å². The van der Waals surface area contributed by atoms with Gasteiger partial charge in [-0.1, -0.05) is 12.6 Å². The zero-order valence-electron chi connectivity index (χ0n) is 7.81. The minimum Gasteiger partial charge on any atom is -0.294 e. The van der Waals surface area contributed by atoms with Crippen LogP contribution in [0, 0.1) is 11.6 Å². The fourth-order valence-electron chi connectivity index (χ4n) is 0.986. The third-order valence-electron chi connectivity index (χ3n) is 1.82. The van der Waals surface area contributed by atoms with Crippen LogP contribution in [0.3, 0.4) is 0 Å². The summed E-state index contributed by atoms with van der Waals surface area (Å²) in [5.74, 6) is -2.01. The highest BCUT2D eigenvalue weighted by Crippen LogP contribution is 2.10. The quantitative estimate of drug-likeness (QED) is 0.679. The first kappa shape index (κ1) is 10.6. The van der Waals surface area contributed by atoms with Gasteiger partial charge in [0, 0.05) is 6.42 Å². The van der Waals surface area contributed by atoms with Crippen molar-refractivity contribution < 1.29 is 13.6 Å². The highest BCUT2D eigenvalue weighted by molar-refractivity contribution is 5.95. The Morgan fingerprint density at radius 1 is 1.36 bits per heavy atom. The average molecular weight is 196 g/mol. The number of Topliss-reactive ketones (excluding diaryl/α,β-unsaturated/α-hetero) is 1. The van der Waals surface area contributed by atoms with Crippen molar-refractivity contribution in [3.63, 3.8) is 0 Å². The maximum atomic E-state index is 12.7. The summed E-state index contributed by atoms with van der Waals surface area (Å²) in [6.07, 6.45) is 0.0620. The second-order valence-electron chi connectivity index (χ2n) is 3.13. The fourth-order valence-corrected chi connectivity index (χ4v) is 0.986. The molecular weight excluding hydrogens is 186 g/mol. The standard InChI is InChI=1S/C11H10F2O/c1-7(2)11(14)6-8-3-4-9(12)10(13)5-8/h3-5H,1,6H2,2H3. The van der Waals surface area contributed by atoms with E-state index in [2.05, 4.69) is 6.58 Å². The van der Waals surface area contributed by atoms with E-state index in [9.17, 15) is 13.6 Å². The molecule has 0 saturated carbocycles. The lowest BCUT2D eigenvalue weighted by molar-refractivity contribution is -0.114. The minimum atomic E-state index is -0.933. The van der Waals surface area contributed by atoms with Crippen molar-refractivity contribution in [2.24, 2.45) is 0 Å². The summed E-state index contributed by atoms with van der Waals surface area (Å²) in [4.78, 5) is 11.2. The van der Waals surface area contributed by atoms with Gasteiger partial charge in [-0.25, -0.2) is 8.78 Å². The molecule has 0 atom stereocenters. The zero-order valence-corrected chi connectivity index (χ0v) is 7.81. The topological polar surface area (TPSA) is 17.1 Å². The van der Waals surface area contributed by atoms with Gasteiger partial charge >= 0.3 is 0 Å². The second-order valence-corrected chi connectivity index (χ2v) is 3.13. The maximum Gasteiger partial charge on any atom is 0.162 e. The van der Waals surface area contributed by atoms with Crippen molar-refractivity contribution >= 4 is 5.78 Å². The van der Waals surface area contributed by atoms with E-state index < -0.39 is 11.6 Å². The van der Waals surface area contributed by atoms with Gasteiger partial charge in [0.25, 0.3) is 0 Å². The molecule has 1 nitrogen and oxygen atoms in total. The first-order valence-corrected chi connectivity index (χ1v) is 4.13. The Labute approximate surface area is 81.1 Å². The molecule has 1 aromatic rings. The molecule has 0 fully saturated rings. The Morgan fingerprint density at radius 3 is 2.50 bits per heavy atom. The lowest BCUT2D eigenvalue weighted by atomic mass is 10.1. The summed E-state index contributed by atoms with van der Waals surface area (Å²) >= 11 is 0. The van der Waals surface area contributed by atoms with Crippen LogP contribution in [0.4, 0.5) is 8.78 Å². The van der Waals surface area contributed by atoms with E-state index in [1.54, 1.807) is 6.92 Å². The molecule has 0 radical (unpaired) electrons. The molecule has 0 aliphatic rings. The largest absolute Gasteiger partial charge is 0.294 e. The maximum absolute atomic E-state index is 12.7. The molecule has 0 spiro atoms. The van der Waals surface area contributed by atoms with Crippen molar-refractivity contribution in [1.82, 2.24) is 0 Å². The van der Waals surface area contributed by atoms with Gasteiger partial charge in [-0.05, 0) is 30.2 Å². The lowest BCUT2D eigenvalue weighted by Crippen LogP contribution is -2.03. The van der Waals surface area contributed by atoms with Crippen LogP contribution < -0.4 is 0 Å². The summed E-state index contributed by atoms with van der Waals surface area (Å²) in [5, 5.41) is 0. The molecule has 1 rings (SSSR count). The minimum absolute atomic E-state index is 0.0620. The van der Waals surface area contributed by atoms with Crippen LogP contribution in [0.25, 0.3) is 0 Å². The molecule has 3 heteroatoms. The molecule has 74 valence electrons. The molecule has 0 aromatic heterocycles. The molecule has 14 heavy (non-hydrogen) atoms. The van der Waals surface area contributed by atoms with Crippen molar-refractivity contribution in [2.75, 3.05) is 0 Å². The van der Waals surface area contributed by atoms with Crippen molar-refractivity contribution in [3.05, 3.63) is 47.5 Å². The predicted octanol–water partition coefficient (Wildman–Crippen LogP) is 2.65. The van der Waals surface area contributed by atoms with Crippen molar-refractivity contribution in [2.45, 2.75) is 13.3 Å². The highest BCUT2D eigenvalue weighted by Gasteiger charge is 2.07. The van der Waals surface area contributed by atoms with Crippen molar-refractivity contribution in [1.29, 1.82) is 0 Å². The van der Waals surface area contributed by atoms with Gasteiger partial charge in [-0.15, -0.1) is 0 Å². The molecule has 0 amide bonds. The van der Waals surface area contributed by atoms with Crippen LogP contribution in [-0.4, -0.2) is 5.78 Å². The first-order chi connectivity index (χ1) is 6.50. The third kappa shape index (κ3) is 2.49. The summed E-state index contributed by atoms with van der Waals surface area (Å²) in [5.41, 5.74) is 0.867. The third-order valence-corrected chi connectivity index (χ3v) is 1.82. The normalized spacial score (nSPS) is 9.93. The summed E-state index contributed by atoms with van der Waals surface area (Å²) < 4.78 is 25.2. The van der Waals surface area contributed by atoms with E-state index in [1.165, 1.54) is 6.07 Å². The fraction of sp³-hybridized carbons (Fsp3) is 0.182. The Bertz CT molecular complexity index is 383. The van der Waals surface area contributed by atoms with E-state index in [0.717, 1.165) is 12.1 Å². The monoisotopic (exact) mass is 196 g/mol. The summed E-state index contributed by atoms with van der Waals surface area (Å²) in [6, 6.07) is 3.42. The molecule has 0 saturated heterocycles. The van der Waals surface area contributed by atoms with Gasteiger partial charge in [0.15, 0.2) is 17.4 Å². The highest BCUT2D eigenvalue weighted by atomic mass is 19.2. The van der Waals surface area contributed by atoms with Crippen LogP contribution >= 0.6 is 0 Å². The number of rotatable bonds is 3. The summed E-state index contributed by atoms with van der Waals surface area (Å²) in [6.45, 7) is 5.06. The molecule has 0 aliphatic carbocycles. The SMILES string of the molecule is C=C(C)C(=O)Cc1ccc(F)c(F)c1. The smallest absolute Gasteiger partial charge is 0.162 e. The molecule has 0 unspecified atom stereocenters. The molecule has 1 aromatic carbocycles. The Kier molecular flexibility index (Phi) is 3.12. The van der Waals surface area contributed by atoms with Crippen LogP contribution in [-0.2, 0) is 11.2 Å². The number of carbonyl (C=O) groups excluding carboxylic acids is 1. The van der Waals surface area contributed by atoms with Gasteiger partial charge < -0.3 is 0 Å². The molecule has 0 heterocycles. The zero-order chi connectivity index (χ0) is 10.7. The number of benzene rings is 1. The van der Waals surface area contributed by atoms with Crippen LogP contribution in [0.5, 0.6) is 0 Å². The van der Waals surface area contributed by atoms with Crippen molar-refractivity contribution in [3.8, 4) is 0 Å².